The third-order valence-electron chi connectivity index (χ3n) is 8.95. The molecule has 0 fully saturated rings. The first-order valence-corrected chi connectivity index (χ1v) is 14.0. The highest BCUT2D eigenvalue weighted by Crippen LogP contribution is 2.53. The van der Waals surface area contributed by atoms with Crippen molar-refractivity contribution in [3.8, 4) is 22.8 Å². The third-order valence-corrected chi connectivity index (χ3v) is 8.95. The van der Waals surface area contributed by atoms with Gasteiger partial charge in [0.05, 0.1) is 27.8 Å². The van der Waals surface area contributed by atoms with Gasteiger partial charge in [-0.1, -0.05) is 98.8 Å². The van der Waals surface area contributed by atoms with Gasteiger partial charge >= 0.3 is 0 Å². The molecular weight excluding hydrogens is 502 g/mol. The van der Waals surface area contributed by atoms with Gasteiger partial charge < -0.3 is 4.57 Å². The average molecular weight is 528 g/mol. The van der Waals surface area contributed by atoms with Gasteiger partial charge in [-0.2, -0.15) is 0 Å². The predicted octanol–water partition coefficient (Wildman–Crippen LogP) is 8.37. The molecule has 0 amide bonds. The van der Waals surface area contributed by atoms with Crippen LogP contribution in [0.1, 0.15) is 25.0 Å². The van der Waals surface area contributed by atoms with Crippen LogP contribution in [0.25, 0.3) is 66.4 Å². The number of hydrogen-bond acceptors (Lipinski definition) is 3. The number of nitrogens with zero attached hydrogens (tertiary/aromatic N) is 5. The quantitative estimate of drug-likeness (QED) is 0.227. The van der Waals surface area contributed by atoms with Gasteiger partial charge in [0.1, 0.15) is 12.7 Å². The van der Waals surface area contributed by atoms with E-state index in [1.165, 1.54) is 54.8 Å². The van der Waals surface area contributed by atoms with Crippen LogP contribution in [0.4, 0.5) is 0 Å². The van der Waals surface area contributed by atoms with E-state index in [1.807, 2.05) is 0 Å². The van der Waals surface area contributed by atoms with E-state index in [-0.39, 0.29) is 5.41 Å². The van der Waals surface area contributed by atoms with Crippen molar-refractivity contribution in [2.75, 3.05) is 0 Å². The molecule has 0 bridgehead atoms. The molecule has 0 unspecified atom stereocenters. The van der Waals surface area contributed by atoms with Crippen LogP contribution in [0, 0.1) is 0 Å². The smallest absolute Gasteiger partial charge is 0.237 e. The molecular formula is C36H25N5. The van der Waals surface area contributed by atoms with Crippen molar-refractivity contribution in [1.82, 2.24) is 24.1 Å². The summed E-state index contributed by atoms with van der Waals surface area (Å²) in [6.45, 7) is 4.73. The molecule has 194 valence electrons. The van der Waals surface area contributed by atoms with Gasteiger partial charge in [-0.25, -0.2) is 15.0 Å². The zero-order valence-corrected chi connectivity index (χ0v) is 22.7. The Hall–Kier alpha value is -5.29. The number of para-hydroxylation sites is 3. The van der Waals surface area contributed by atoms with Crippen molar-refractivity contribution in [2.24, 2.45) is 0 Å². The van der Waals surface area contributed by atoms with E-state index in [9.17, 15) is 0 Å². The molecule has 5 heteroatoms. The molecule has 5 nitrogen and oxygen atoms in total. The van der Waals surface area contributed by atoms with E-state index in [0.29, 0.717) is 5.95 Å². The predicted molar refractivity (Wildman–Crippen MR) is 166 cm³/mol. The van der Waals surface area contributed by atoms with Crippen LogP contribution < -0.4 is 0 Å². The summed E-state index contributed by atoms with van der Waals surface area (Å²) in [4.78, 5) is 13.3. The van der Waals surface area contributed by atoms with Crippen LogP contribution >= 0.6 is 0 Å². The minimum Gasteiger partial charge on any atom is -0.307 e. The molecule has 0 saturated heterocycles. The van der Waals surface area contributed by atoms with Gasteiger partial charge in [-0.05, 0) is 40.5 Å². The molecule has 5 aromatic carbocycles. The first-order chi connectivity index (χ1) is 20.1. The molecule has 3 aromatic heterocycles. The van der Waals surface area contributed by atoms with Gasteiger partial charge in [0, 0.05) is 27.0 Å². The Labute approximate surface area is 236 Å². The summed E-state index contributed by atoms with van der Waals surface area (Å²) in [6, 6.07) is 37.4. The van der Waals surface area contributed by atoms with Crippen molar-refractivity contribution in [1.29, 1.82) is 0 Å². The Kier molecular flexibility index (Phi) is 4.33. The lowest BCUT2D eigenvalue weighted by Crippen LogP contribution is -2.16. The van der Waals surface area contributed by atoms with Crippen LogP contribution in [-0.4, -0.2) is 24.1 Å². The lowest BCUT2D eigenvalue weighted by Gasteiger charge is -2.24. The minimum absolute atomic E-state index is 0.160. The molecule has 0 N–H and O–H groups in total. The first kappa shape index (κ1) is 22.5. The average Bonchev–Trinajstić information content (AvgIpc) is 3.62. The van der Waals surface area contributed by atoms with E-state index in [4.69, 9.17) is 0 Å². The van der Waals surface area contributed by atoms with E-state index >= 15 is 0 Å². The van der Waals surface area contributed by atoms with Gasteiger partial charge in [0.2, 0.25) is 5.95 Å². The number of hydrogen-bond donors (Lipinski definition) is 0. The van der Waals surface area contributed by atoms with Crippen LogP contribution in [0.3, 0.4) is 0 Å². The summed E-state index contributed by atoms with van der Waals surface area (Å²) >= 11 is 0. The lowest BCUT2D eigenvalue weighted by atomic mass is 9.81. The molecule has 1 aliphatic carbocycles. The normalized spacial score (nSPS) is 13.8. The summed E-state index contributed by atoms with van der Waals surface area (Å²) in [7, 11) is 0. The number of benzene rings is 5. The molecule has 0 spiro atoms. The number of rotatable bonds is 2. The zero-order valence-electron chi connectivity index (χ0n) is 22.7. The summed E-state index contributed by atoms with van der Waals surface area (Å²) < 4.78 is 4.67. The maximum Gasteiger partial charge on any atom is 0.237 e. The Balaban J connectivity index is 1.52. The fraction of sp³-hybridized carbons (Fsp3) is 0.0833. The summed E-state index contributed by atoms with van der Waals surface area (Å²) in [6.07, 6.45) is 3.14. The first-order valence-electron chi connectivity index (χ1n) is 14.0. The highest BCUT2D eigenvalue weighted by Gasteiger charge is 2.38. The monoisotopic (exact) mass is 527 g/mol. The minimum atomic E-state index is -0.160. The summed E-state index contributed by atoms with van der Waals surface area (Å²) in [5.41, 5.74) is 10.9. The molecule has 0 aliphatic heterocycles. The number of aromatic nitrogens is 5. The molecule has 1 aliphatic rings. The Bertz CT molecular complexity index is 2340. The largest absolute Gasteiger partial charge is 0.307 e. The van der Waals surface area contributed by atoms with Crippen LogP contribution in [0.2, 0.25) is 0 Å². The summed E-state index contributed by atoms with van der Waals surface area (Å²) in [5.74, 6) is 0.609. The van der Waals surface area contributed by atoms with Crippen molar-refractivity contribution >= 4 is 43.6 Å². The topological polar surface area (TPSA) is 48.5 Å². The van der Waals surface area contributed by atoms with Crippen molar-refractivity contribution in [3.63, 3.8) is 0 Å². The van der Waals surface area contributed by atoms with Crippen LogP contribution in [0.5, 0.6) is 0 Å². The van der Waals surface area contributed by atoms with E-state index < -0.39 is 0 Å². The van der Waals surface area contributed by atoms with E-state index in [0.717, 1.165) is 16.7 Å². The number of fused-ring (bicyclic) bond motifs is 10. The Morgan fingerprint density at radius 2 is 1.17 bits per heavy atom. The summed E-state index contributed by atoms with van der Waals surface area (Å²) in [5, 5.41) is 4.85. The van der Waals surface area contributed by atoms with Gasteiger partial charge in [0.15, 0.2) is 0 Å². The van der Waals surface area contributed by atoms with Gasteiger partial charge in [-0.3, -0.25) is 4.57 Å². The van der Waals surface area contributed by atoms with Gasteiger partial charge in [-0.15, -0.1) is 0 Å². The van der Waals surface area contributed by atoms with E-state index in [1.54, 1.807) is 12.7 Å². The zero-order chi connectivity index (χ0) is 27.3. The van der Waals surface area contributed by atoms with Crippen molar-refractivity contribution in [2.45, 2.75) is 19.3 Å². The molecule has 8 aromatic rings. The third kappa shape index (κ3) is 2.82. The molecule has 0 atom stereocenters. The second-order valence-electron chi connectivity index (χ2n) is 11.4. The molecule has 3 heterocycles. The Morgan fingerprint density at radius 3 is 1.95 bits per heavy atom. The van der Waals surface area contributed by atoms with Crippen LogP contribution in [0.15, 0.2) is 116 Å². The van der Waals surface area contributed by atoms with Gasteiger partial charge in [0.25, 0.3) is 0 Å². The Morgan fingerprint density at radius 1 is 0.537 bits per heavy atom. The van der Waals surface area contributed by atoms with Crippen LogP contribution in [-0.2, 0) is 5.41 Å². The molecule has 0 saturated carbocycles. The highest BCUT2D eigenvalue weighted by molar-refractivity contribution is 6.16. The standard InChI is InChI=1S/C36H25N5/c1-36(2)28-14-6-3-10-22(28)25-18-19-27-24-12-4-7-15-29(24)40(34(27)32(25)36)31-17-9-13-26-23-11-5-8-16-30(23)41(33(26)31)35-38-20-37-21-39-35/h3-21H,1-2H3. The SMILES string of the molecule is CC1(C)c2ccccc2-c2ccc3c4ccccc4n(-c4cccc5c6ccccc6n(-c6ncncn6)c45)c3c21. The van der Waals surface area contributed by atoms with Crippen molar-refractivity contribution in [3.05, 3.63) is 127 Å². The lowest BCUT2D eigenvalue weighted by molar-refractivity contribution is 0.664. The second-order valence-corrected chi connectivity index (χ2v) is 11.4. The highest BCUT2D eigenvalue weighted by atomic mass is 15.2. The molecule has 0 radical (unpaired) electrons. The van der Waals surface area contributed by atoms with Crippen molar-refractivity contribution < 1.29 is 0 Å². The molecule has 9 rings (SSSR count). The maximum atomic E-state index is 4.61. The second kappa shape index (κ2) is 7.89. The van der Waals surface area contributed by atoms with E-state index in [2.05, 4.69) is 141 Å². The maximum absolute atomic E-state index is 4.61. The fourth-order valence-corrected chi connectivity index (χ4v) is 7.30. The fourth-order valence-electron chi connectivity index (χ4n) is 7.30. The molecule has 41 heavy (non-hydrogen) atoms.